The van der Waals surface area contributed by atoms with Gasteiger partial charge in [-0.05, 0) is 30.7 Å². The molecule has 8 nitrogen and oxygen atoms in total. The van der Waals surface area contributed by atoms with Gasteiger partial charge in [0.05, 0.1) is 10.5 Å². The number of unbranched alkanes of at least 4 members (excludes halogenated alkanes) is 1. The monoisotopic (exact) mass is 435 g/mol. The van der Waals surface area contributed by atoms with Crippen LogP contribution >= 0.6 is 11.8 Å². The molecule has 2 heterocycles. The number of nitro groups is 1. The van der Waals surface area contributed by atoms with Crippen molar-refractivity contribution in [2.24, 2.45) is 0 Å². The normalized spacial score (nSPS) is 14.8. The van der Waals surface area contributed by atoms with E-state index in [-0.39, 0.29) is 5.69 Å². The van der Waals surface area contributed by atoms with E-state index in [9.17, 15) is 10.1 Å². The van der Waals surface area contributed by atoms with Gasteiger partial charge in [0.25, 0.3) is 5.69 Å². The number of aromatic nitrogens is 3. The van der Waals surface area contributed by atoms with Crippen LogP contribution in [0.2, 0.25) is 0 Å². The third kappa shape index (κ3) is 4.83. The van der Waals surface area contributed by atoms with Crippen molar-refractivity contribution in [1.29, 1.82) is 0 Å². The summed E-state index contributed by atoms with van der Waals surface area (Å²) >= 11 is 1.54. The minimum absolute atomic E-state index is 0.0341. The Morgan fingerprint density at radius 3 is 2.84 bits per heavy atom. The van der Waals surface area contributed by atoms with Gasteiger partial charge in [-0.2, -0.15) is 4.98 Å². The molecule has 158 valence electrons. The lowest BCUT2D eigenvalue weighted by Gasteiger charge is -2.15. The summed E-state index contributed by atoms with van der Waals surface area (Å²) in [4.78, 5) is 15.5. The Morgan fingerprint density at radius 2 is 2.00 bits per heavy atom. The zero-order chi connectivity index (χ0) is 21.6. The minimum atomic E-state index is -0.590. The fourth-order valence-corrected chi connectivity index (χ4v) is 3.97. The van der Waals surface area contributed by atoms with Gasteiger partial charge >= 0.3 is 0 Å². The number of nitro benzene ring substituents is 1. The molecule has 0 saturated carbocycles. The molecule has 1 aliphatic heterocycles. The summed E-state index contributed by atoms with van der Waals surface area (Å²) in [5.74, 6) is 1.29. The molecule has 1 atom stereocenters. The minimum Gasteiger partial charge on any atom is -0.448 e. The number of benzene rings is 2. The lowest BCUT2D eigenvalue weighted by molar-refractivity contribution is -0.385. The van der Waals surface area contributed by atoms with Gasteiger partial charge in [-0.1, -0.05) is 55.4 Å². The Kier molecular flexibility index (Phi) is 6.42. The van der Waals surface area contributed by atoms with Crippen LogP contribution in [0, 0.1) is 10.1 Å². The summed E-state index contributed by atoms with van der Waals surface area (Å²) < 4.78 is 6.11. The van der Waals surface area contributed by atoms with Gasteiger partial charge in [-0.25, -0.2) is 0 Å². The largest absolute Gasteiger partial charge is 0.448 e. The number of hydrogen-bond acceptors (Lipinski definition) is 8. The molecule has 0 bridgehead atoms. The first-order valence-corrected chi connectivity index (χ1v) is 11.0. The average Bonchev–Trinajstić information content (AvgIpc) is 2.94. The Bertz CT molecular complexity index is 1120. The molecule has 0 radical (unpaired) electrons. The van der Waals surface area contributed by atoms with Crippen molar-refractivity contribution in [3.8, 4) is 17.1 Å². The number of rotatable bonds is 7. The highest BCUT2D eigenvalue weighted by Gasteiger charge is 2.24. The Labute approximate surface area is 183 Å². The van der Waals surface area contributed by atoms with Gasteiger partial charge in [-0.3, -0.25) is 10.1 Å². The Hall–Kier alpha value is -3.46. The third-order valence-corrected chi connectivity index (χ3v) is 5.59. The van der Waals surface area contributed by atoms with Crippen LogP contribution in [0.4, 0.5) is 11.4 Å². The van der Waals surface area contributed by atoms with Crippen molar-refractivity contribution in [3.63, 3.8) is 0 Å². The molecule has 1 N–H and O–H groups in total. The van der Waals surface area contributed by atoms with Crippen LogP contribution in [0.1, 0.15) is 25.3 Å². The summed E-state index contributed by atoms with van der Waals surface area (Å²) in [7, 11) is 0. The van der Waals surface area contributed by atoms with Crippen LogP contribution in [0.15, 0.2) is 59.8 Å². The molecule has 9 heteroatoms. The predicted octanol–water partition coefficient (Wildman–Crippen LogP) is 5.18. The summed E-state index contributed by atoms with van der Waals surface area (Å²) in [6.45, 7) is 2.14. The van der Waals surface area contributed by atoms with E-state index in [4.69, 9.17) is 4.74 Å². The number of para-hydroxylation sites is 2. The van der Waals surface area contributed by atoms with Gasteiger partial charge in [0.2, 0.25) is 11.0 Å². The molecule has 31 heavy (non-hydrogen) atoms. The van der Waals surface area contributed by atoms with E-state index in [1.54, 1.807) is 42.1 Å². The molecular weight excluding hydrogens is 414 g/mol. The van der Waals surface area contributed by atoms with Gasteiger partial charge in [0, 0.05) is 23.1 Å². The fraction of sp³-hybridized carbons (Fsp3) is 0.227. The van der Waals surface area contributed by atoms with Crippen LogP contribution in [0.25, 0.3) is 17.3 Å². The molecule has 0 saturated heterocycles. The molecule has 0 spiro atoms. The molecule has 1 aliphatic rings. The van der Waals surface area contributed by atoms with Gasteiger partial charge in [0.1, 0.15) is 0 Å². The second kappa shape index (κ2) is 9.57. The third-order valence-electron chi connectivity index (χ3n) is 4.67. The zero-order valence-electron chi connectivity index (χ0n) is 16.9. The van der Waals surface area contributed by atoms with Crippen LogP contribution in [-0.2, 0) is 0 Å². The quantitative estimate of drug-likeness (QED) is 0.234. The SMILES string of the molecule is CCCCSc1nnc2c(n1)O[C@@H](/C=C\c1ccccc1[N+](=O)[O-])Nc1ccccc1-2. The predicted molar refractivity (Wildman–Crippen MR) is 121 cm³/mol. The van der Waals surface area contributed by atoms with Crippen LogP contribution in [0.3, 0.4) is 0 Å². The number of fused-ring (bicyclic) bond motifs is 3. The smallest absolute Gasteiger partial charge is 0.276 e. The number of ether oxygens (including phenoxy) is 1. The topological polar surface area (TPSA) is 103 Å². The lowest BCUT2D eigenvalue weighted by Crippen LogP contribution is -2.23. The molecule has 3 aromatic rings. The van der Waals surface area contributed by atoms with Crippen molar-refractivity contribution >= 4 is 29.2 Å². The van der Waals surface area contributed by atoms with Crippen molar-refractivity contribution in [1.82, 2.24) is 15.2 Å². The molecule has 4 rings (SSSR count). The van der Waals surface area contributed by atoms with Gasteiger partial charge in [0.15, 0.2) is 11.9 Å². The van der Waals surface area contributed by atoms with E-state index in [2.05, 4.69) is 27.4 Å². The first-order valence-electron chi connectivity index (χ1n) is 9.97. The summed E-state index contributed by atoms with van der Waals surface area (Å²) in [5, 5.41) is 23.8. The summed E-state index contributed by atoms with van der Waals surface area (Å²) in [5.41, 5.74) is 2.74. The van der Waals surface area contributed by atoms with Crippen LogP contribution in [-0.4, -0.2) is 32.1 Å². The molecule has 0 amide bonds. The second-order valence-corrected chi connectivity index (χ2v) is 7.92. The maximum atomic E-state index is 11.3. The molecule has 0 unspecified atom stereocenters. The maximum Gasteiger partial charge on any atom is 0.276 e. The number of hydrogen-bond donors (Lipinski definition) is 1. The first-order chi connectivity index (χ1) is 15.2. The molecule has 2 aromatic carbocycles. The van der Waals surface area contributed by atoms with E-state index >= 15 is 0 Å². The first kappa shape index (κ1) is 20.8. The van der Waals surface area contributed by atoms with E-state index in [0.29, 0.717) is 22.3 Å². The second-order valence-electron chi connectivity index (χ2n) is 6.85. The summed E-state index contributed by atoms with van der Waals surface area (Å²) in [6.07, 6.45) is 4.98. The Balaban J connectivity index is 1.67. The number of nitrogens with zero attached hydrogens (tertiary/aromatic N) is 4. The summed E-state index contributed by atoms with van der Waals surface area (Å²) in [6, 6.07) is 14.2. The van der Waals surface area contributed by atoms with E-state index < -0.39 is 11.2 Å². The fourth-order valence-electron chi connectivity index (χ4n) is 3.11. The molecule has 0 fully saturated rings. The van der Waals surface area contributed by atoms with Crippen LogP contribution in [0.5, 0.6) is 5.88 Å². The van der Waals surface area contributed by atoms with E-state index in [0.717, 1.165) is 29.8 Å². The average molecular weight is 436 g/mol. The maximum absolute atomic E-state index is 11.3. The lowest BCUT2D eigenvalue weighted by atomic mass is 10.1. The molecular formula is C22H21N5O3S. The van der Waals surface area contributed by atoms with Crippen molar-refractivity contribution in [2.45, 2.75) is 31.1 Å². The van der Waals surface area contributed by atoms with Gasteiger partial charge in [-0.15, -0.1) is 10.2 Å². The van der Waals surface area contributed by atoms with E-state index in [1.165, 1.54) is 6.07 Å². The number of anilines is 1. The molecule has 0 aliphatic carbocycles. The number of nitrogens with one attached hydrogen (secondary N) is 1. The highest BCUT2D eigenvalue weighted by Crippen LogP contribution is 2.36. The standard InChI is InChI=1S/C22H21N5O3S/c1-2-3-14-31-22-24-21-20(25-26-22)16-9-5-6-10-17(16)23-19(30-21)13-12-15-8-4-7-11-18(15)27(28)29/h4-13,19,23H,2-3,14H2,1H3/b13-12-/t19-/m0/s1. The van der Waals surface area contributed by atoms with Crippen molar-refractivity contribution < 1.29 is 9.66 Å². The molecule has 1 aromatic heterocycles. The Morgan fingerprint density at radius 1 is 1.19 bits per heavy atom. The van der Waals surface area contributed by atoms with Crippen LogP contribution < -0.4 is 10.1 Å². The van der Waals surface area contributed by atoms with Crippen molar-refractivity contribution in [2.75, 3.05) is 11.1 Å². The highest BCUT2D eigenvalue weighted by molar-refractivity contribution is 7.99. The highest BCUT2D eigenvalue weighted by atomic mass is 32.2. The van der Waals surface area contributed by atoms with Crippen molar-refractivity contribution in [3.05, 3.63) is 70.3 Å². The van der Waals surface area contributed by atoms with Gasteiger partial charge < -0.3 is 10.1 Å². The van der Waals surface area contributed by atoms with E-state index in [1.807, 2.05) is 24.3 Å². The zero-order valence-corrected chi connectivity index (χ0v) is 17.7. The number of thioether (sulfide) groups is 1.